The van der Waals surface area contributed by atoms with E-state index in [1.165, 1.54) is 109 Å². The molecule has 0 saturated carbocycles. The summed E-state index contributed by atoms with van der Waals surface area (Å²) in [5.41, 5.74) is 10.5. The number of unbranched alkanes of at least 4 members (excludes halogenated alkanes) is 6. The van der Waals surface area contributed by atoms with Crippen molar-refractivity contribution in [3.05, 3.63) is 91.5 Å². The van der Waals surface area contributed by atoms with Gasteiger partial charge in [0.25, 0.3) is 0 Å². The zero-order chi connectivity index (χ0) is 26.0. The van der Waals surface area contributed by atoms with E-state index in [4.69, 9.17) is 0 Å². The second-order valence-electron chi connectivity index (χ2n) is 9.98. The second-order valence-corrected chi connectivity index (χ2v) is 13.7. The fraction of sp³-hybridized carbons (Fsp3) is 0.353. The Balaban J connectivity index is 1.67. The highest BCUT2D eigenvalue weighted by Crippen LogP contribution is 2.46. The number of hydrogen-bond acceptors (Lipinski definition) is 1. The molecule has 0 unspecified atom stereocenters. The van der Waals surface area contributed by atoms with Crippen LogP contribution in [0.4, 0.5) is 0 Å². The summed E-state index contributed by atoms with van der Waals surface area (Å²) in [5, 5.41) is 0. The van der Waals surface area contributed by atoms with Crippen LogP contribution in [0.3, 0.4) is 0 Å². The lowest BCUT2D eigenvalue weighted by Gasteiger charge is -2.16. The Morgan fingerprint density at radius 1 is 0.568 bits per heavy atom. The van der Waals surface area contributed by atoms with E-state index in [-0.39, 0.29) is 0 Å². The van der Waals surface area contributed by atoms with Gasteiger partial charge < -0.3 is 0 Å². The van der Waals surface area contributed by atoms with Crippen LogP contribution in [0.2, 0.25) is 0 Å². The van der Waals surface area contributed by atoms with Gasteiger partial charge in [-0.2, -0.15) is 0 Å². The van der Waals surface area contributed by atoms with Crippen molar-refractivity contribution < 1.29 is 0 Å². The monoisotopic (exact) mass is 636 g/mol. The summed E-state index contributed by atoms with van der Waals surface area (Å²) in [6.07, 6.45) is 12.8. The van der Waals surface area contributed by atoms with Gasteiger partial charge in [0.05, 0.1) is 7.57 Å². The van der Waals surface area contributed by atoms with Crippen molar-refractivity contribution in [2.75, 3.05) is 0 Å². The molecule has 0 atom stereocenters. The largest absolute Gasteiger partial charge is 0.121 e. The summed E-state index contributed by atoms with van der Waals surface area (Å²) >= 11 is 9.32. The maximum Gasteiger partial charge on any atom is 0.0789 e. The van der Waals surface area contributed by atoms with Crippen molar-refractivity contribution in [1.29, 1.82) is 0 Å². The first-order valence-corrected chi connectivity index (χ1v) is 16.3. The van der Waals surface area contributed by atoms with Crippen LogP contribution in [-0.4, -0.2) is 0 Å². The average Bonchev–Trinajstić information content (AvgIpc) is 3.26. The third-order valence-electron chi connectivity index (χ3n) is 7.16. The molecule has 0 amide bonds. The quantitative estimate of drug-likeness (QED) is 0.128. The molecule has 1 aromatic heterocycles. The van der Waals surface area contributed by atoms with Gasteiger partial charge in [0.1, 0.15) is 0 Å². The molecule has 3 heteroatoms. The minimum Gasteiger partial charge on any atom is -0.121 e. The highest BCUT2D eigenvalue weighted by atomic mass is 79.9. The lowest BCUT2D eigenvalue weighted by Crippen LogP contribution is -1.92. The fourth-order valence-electron chi connectivity index (χ4n) is 5.05. The Hall–Kier alpha value is -1.68. The third-order valence-corrected chi connectivity index (χ3v) is 9.50. The average molecular weight is 639 g/mol. The van der Waals surface area contributed by atoms with Crippen molar-refractivity contribution in [2.24, 2.45) is 0 Å². The molecule has 0 fully saturated rings. The van der Waals surface area contributed by atoms with Crippen LogP contribution >= 0.6 is 43.2 Å². The molecular formula is C34H38Br2S. The standard InChI is InChI=1S/C34H38Br2S/c1-3-5-7-9-12-25-16-20-27(21-17-25)29-14-11-15-30(33(29)31-24-32(35)37-34(31)36)28-22-18-26(19-23-28)13-10-8-6-4-2/h11,14-24H,3-10,12-13H2,1-2H3. The van der Waals surface area contributed by atoms with Crippen LogP contribution in [-0.2, 0) is 12.8 Å². The van der Waals surface area contributed by atoms with Crippen LogP contribution in [0.25, 0.3) is 33.4 Å². The molecule has 3 aromatic carbocycles. The first kappa shape index (κ1) is 28.3. The van der Waals surface area contributed by atoms with Crippen LogP contribution in [0.5, 0.6) is 0 Å². The van der Waals surface area contributed by atoms with Gasteiger partial charge in [-0.05, 0) is 103 Å². The van der Waals surface area contributed by atoms with Crippen LogP contribution in [0.15, 0.2) is 80.4 Å². The predicted molar refractivity (Wildman–Crippen MR) is 172 cm³/mol. The lowest BCUT2D eigenvalue weighted by atomic mass is 9.88. The number of benzene rings is 3. The molecule has 1 heterocycles. The maximum atomic E-state index is 3.86. The molecule has 4 rings (SSSR count). The predicted octanol–water partition coefficient (Wildman–Crippen LogP) is 12.5. The van der Waals surface area contributed by atoms with Gasteiger partial charge in [0.2, 0.25) is 0 Å². The summed E-state index contributed by atoms with van der Waals surface area (Å²) in [6, 6.07) is 27.5. The maximum absolute atomic E-state index is 3.86. The van der Waals surface area contributed by atoms with Crippen molar-refractivity contribution in [1.82, 2.24) is 0 Å². The van der Waals surface area contributed by atoms with Crippen LogP contribution < -0.4 is 0 Å². The Bertz CT molecular complexity index is 1180. The normalized spacial score (nSPS) is 11.2. The van der Waals surface area contributed by atoms with Gasteiger partial charge in [-0.15, -0.1) is 11.3 Å². The topological polar surface area (TPSA) is 0 Å². The zero-order valence-electron chi connectivity index (χ0n) is 22.2. The van der Waals surface area contributed by atoms with Crippen molar-refractivity contribution in [2.45, 2.75) is 78.1 Å². The number of aryl methyl sites for hydroxylation is 2. The molecular weight excluding hydrogens is 600 g/mol. The Morgan fingerprint density at radius 2 is 1.05 bits per heavy atom. The summed E-state index contributed by atoms with van der Waals surface area (Å²) in [6.45, 7) is 4.54. The van der Waals surface area contributed by atoms with Gasteiger partial charge in [0.15, 0.2) is 0 Å². The van der Waals surface area contributed by atoms with Gasteiger partial charge in [-0.1, -0.05) is 119 Å². The molecule has 194 valence electrons. The number of hydrogen-bond donors (Lipinski definition) is 0. The van der Waals surface area contributed by atoms with Crippen LogP contribution in [0, 0.1) is 0 Å². The van der Waals surface area contributed by atoms with E-state index in [1.54, 1.807) is 11.3 Å². The van der Waals surface area contributed by atoms with Gasteiger partial charge >= 0.3 is 0 Å². The first-order chi connectivity index (χ1) is 18.1. The third kappa shape index (κ3) is 7.68. The molecule has 0 bridgehead atoms. The van der Waals surface area contributed by atoms with E-state index in [0.29, 0.717) is 0 Å². The Labute approximate surface area is 244 Å². The molecule has 0 aliphatic carbocycles. The summed E-state index contributed by atoms with van der Waals surface area (Å²) in [7, 11) is 0. The molecule has 0 aliphatic rings. The number of rotatable bonds is 13. The van der Waals surface area contributed by atoms with Gasteiger partial charge in [-0.3, -0.25) is 0 Å². The van der Waals surface area contributed by atoms with E-state index in [9.17, 15) is 0 Å². The fourth-order valence-corrected chi connectivity index (χ4v) is 7.87. The molecule has 0 saturated heterocycles. The minimum absolute atomic E-state index is 1.14. The smallest absolute Gasteiger partial charge is 0.0789 e. The lowest BCUT2D eigenvalue weighted by molar-refractivity contribution is 0.667. The van der Waals surface area contributed by atoms with E-state index in [1.807, 2.05) is 0 Å². The van der Waals surface area contributed by atoms with Crippen molar-refractivity contribution in [3.8, 4) is 33.4 Å². The molecule has 37 heavy (non-hydrogen) atoms. The highest BCUT2D eigenvalue weighted by molar-refractivity contribution is 9.12. The Kier molecular flexibility index (Phi) is 11.1. The van der Waals surface area contributed by atoms with E-state index < -0.39 is 0 Å². The SMILES string of the molecule is CCCCCCc1ccc(-c2cccc(-c3ccc(CCCCCC)cc3)c2-c2cc(Br)sc2Br)cc1. The number of thiophene rings is 1. The molecule has 0 aliphatic heterocycles. The van der Waals surface area contributed by atoms with E-state index >= 15 is 0 Å². The molecule has 0 spiro atoms. The zero-order valence-corrected chi connectivity index (χ0v) is 26.2. The van der Waals surface area contributed by atoms with Crippen LogP contribution in [0.1, 0.15) is 76.3 Å². The molecule has 4 aromatic rings. The summed E-state index contributed by atoms with van der Waals surface area (Å²) in [5.74, 6) is 0. The summed E-state index contributed by atoms with van der Waals surface area (Å²) < 4.78 is 2.30. The van der Waals surface area contributed by atoms with Crippen molar-refractivity contribution in [3.63, 3.8) is 0 Å². The van der Waals surface area contributed by atoms with Gasteiger partial charge in [-0.25, -0.2) is 0 Å². The number of halogens is 2. The van der Waals surface area contributed by atoms with E-state index in [0.717, 1.165) is 7.57 Å². The molecule has 0 N–H and O–H groups in total. The second kappa shape index (κ2) is 14.5. The minimum atomic E-state index is 1.14. The highest BCUT2D eigenvalue weighted by Gasteiger charge is 2.18. The van der Waals surface area contributed by atoms with Gasteiger partial charge in [0, 0.05) is 5.56 Å². The summed E-state index contributed by atoms with van der Waals surface area (Å²) in [4.78, 5) is 0. The van der Waals surface area contributed by atoms with E-state index in [2.05, 4.69) is 119 Å². The molecule has 0 radical (unpaired) electrons. The molecule has 0 nitrogen and oxygen atoms in total. The Morgan fingerprint density at radius 3 is 1.46 bits per heavy atom. The first-order valence-electron chi connectivity index (χ1n) is 13.9. The van der Waals surface area contributed by atoms with Crippen molar-refractivity contribution >= 4 is 43.2 Å².